The normalized spacial score (nSPS) is 19.9. The van der Waals surface area contributed by atoms with Gasteiger partial charge < -0.3 is 9.21 Å². The lowest BCUT2D eigenvalue weighted by molar-refractivity contribution is -0.111. The van der Waals surface area contributed by atoms with Gasteiger partial charge in [0.15, 0.2) is 0 Å². The van der Waals surface area contributed by atoms with Crippen LogP contribution >= 0.6 is 0 Å². The molecule has 0 atom stereocenters. The van der Waals surface area contributed by atoms with Gasteiger partial charge in [-0.1, -0.05) is 5.57 Å². The molecule has 1 fully saturated rings. The average molecular weight is 176 g/mol. The minimum absolute atomic E-state index is 0.160. The Labute approximate surface area is 77.2 Å². The third-order valence-corrected chi connectivity index (χ3v) is 2.70. The van der Waals surface area contributed by atoms with Gasteiger partial charge in [0.1, 0.15) is 12.0 Å². The molecule has 1 heterocycles. The van der Waals surface area contributed by atoms with E-state index in [-0.39, 0.29) is 5.41 Å². The number of hydrogen-bond donors (Lipinski definition) is 0. The van der Waals surface area contributed by atoms with Crippen LogP contribution in [0.5, 0.6) is 0 Å². The Balaban J connectivity index is 2.22. The smallest absolute Gasteiger partial charge is 0.130 e. The Bertz CT molecular complexity index is 329. The van der Waals surface area contributed by atoms with Crippen LogP contribution in [0.4, 0.5) is 0 Å². The number of hydrogen-bond acceptors (Lipinski definition) is 2. The van der Waals surface area contributed by atoms with Crippen molar-refractivity contribution in [1.82, 2.24) is 0 Å². The molecule has 2 nitrogen and oxygen atoms in total. The van der Waals surface area contributed by atoms with Gasteiger partial charge in [-0.05, 0) is 38.0 Å². The monoisotopic (exact) mass is 176 g/mol. The summed E-state index contributed by atoms with van der Waals surface area (Å²) in [4.78, 5) is 10.8. The summed E-state index contributed by atoms with van der Waals surface area (Å²) >= 11 is 0. The van der Waals surface area contributed by atoms with E-state index in [1.54, 1.807) is 6.26 Å². The van der Waals surface area contributed by atoms with E-state index in [2.05, 4.69) is 0 Å². The van der Waals surface area contributed by atoms with Crippen LogP contribution in [-0.4, -0.2) is 6.29 Å². The highest BCUT2D eigenvalue weighted by Gasteiger charge is 2.44. The van der Waals surface area contributed by atoms with Gasteiger partial charge in [-0.25, -0.2) is 0 Å². The van der Waals surface area contributed by atoms with Crippen molar-refractivity contribution in [1.29, 1.82) is 0 Å². The highest BCUT2D eigenvalue weighted by molar-refractivity contribution is 5.72. The number of allylic oxidation sites excluding steroid dienone is 1. The fourth-order valence-corrected chi connectivity index (χ4v) is 1.47. The Kier molecular flexibility index (Phi) is 1.83. The molecular weight excluding hydrogens is 164 g/mol. The van der Waals surface area contributed by atoms with E-state index in [0.717, 1.165) is 30.5 Å². The molecule has 0 amide bonds. The number of furan rings is 1. The molecule has 1 aliphatic rings. The number of carbonyl (C=O) groups is 1. The Morgan fingerprint density at radius 2 is 2.38 bits per heavy atom. The van der Waals surface area contributed by atoms with E-state index >= 15 is 0 Å². The molecule has 1 aromatic rings. The lowest BCUT2D eigenvalue weighted by Gasteiger charge is -2.05. The van der Waals surface area contributed by atoms with E-state index in [0.29, 0.717) is 0 Å². The summed E-state index contributed by atoms with van der Waals surface area (Å²) in [5.41, 5.74) is 0.949. The van der Waals surface area contributed by atoms with Crippen molar-refractivity contribution < 1.29 is 9.21 Å². The largest absolute Gasteiger partial charge is 0.465 e. The molecule has 0 radical (unpaired) electrons. The summed E-state index contributed by atoms with van der Waals surface area (Å²) in [6, 6.07) is 3.74. The average Bonchev–Trinajstić information content (AvgIpc) is 2.79. The molecule has 0 N–H and O–H groups in total. The molecule has 0 aliphatic heterocycles. The molecular formula is C11H12O2. The zero-order valence-corrected chi connectivity index (χ0v) is 7.62. The van der Waals surface area contributed by atoms with Crippen molar-refractivity contribution in [2.24, 2.45) is 5.41 Å². The number of carbonyl (C=O) groups excluding carboxylic acids is 1. The van der Waals surface area contributed by atoms with Crippen LogP contribution in [0.2, 0.25) is 0 Å². The summed E-state index contributed by atoms with van der Waals surface area (Å²) in [6.07, 6.45) is 6.61. The fraction of sp³-hybridized carbons (Fsp3) is 0.364. The SMILES string of the molecule is C/C(=C/c1ccco1)C1(C=O)CC1. The topological polar surface area (TPSA) is 30.2 Å². The van der Waals surface area contributed by atoms with E-state index < -0.39 is 0 Å². The maximum Gasteiger partial charge on any atom is 0.130 e. The van der Waals surface area contributed by atoms with Gasteiger partial charge in [0.05, 0.1) is 6.26 Å². The van der Waals surface area contributed by atoms with Crippen LogP contribution in [-0.2, 0) is 4.79 Å². The van der Waals surface area contributed by atoms with Crippen LogP contribution < -0.4 is 0 Å². The van der Waals surface area contributed by atoms with Crippen molar-refractivity contribution in [2.45, 2.75) is 19.8 Å². The minimum Gasteiger partial charge on any atom is -0.465 e. The second kappa shape index (κ2) is 2.87. The quantitative estimate of drug-likeness (QED) is 0.663. The van der Waals surface area contributed by atoms with Crippen molar-refractivity contribution in [3.63, 3.8) is 0 Å². The molecule has 2 heteroatoms. The van der Waals surface area contributed by atoms with Gasteiger partial charge in [0.25, 0.3) is 0 Å². The molecule has 1 saturated carbocycles. The van der Waals surface area contributed by atoms with Gasteiger partial charge in [-0.15, -0.1) is 0 Å². The third kappa shape index (κ3) is 1.44. The standard InChI is InChI=1S/C11H12O2/c1-9(11(8-12)4-5-11)7-10-3-2-6-13-10/h2-3,6-8H,4-5H2,1H3/b9-7-. The van der Waals surface area contributed by atoms with Crippen molar-refractivity contribution in [2.75, 3.05) is 0 Å². The molecule has 0 saturated heterocycles. The number of rotatable bonds is 3. The van der Waals surface area contributed by atoms with E-state index in [9.17, 15) is 4.79 Å². The molecule has 0 spiro atoms. The van der Waals surface area contributed by atoms with Crippen molar-refractivity contribution >= 4 is 12.4 Å². The molecule has 0 aromatic carbocycles. The van der Waals surface area contributed by atoms with E-state index in [1.807, 2.05) is 25.1 Å². The maximum absolute atomic E-state index is 10.8. The summed E-state index contributed by atoms with van der Waals surface area (Å²) in [7, 11) is 0. The first-order valence-electron chi connectivity index (χ1n) is 4.45. The van der Waals surface area contributed by atoms with Crippen LogP contribution in [0.15, 0.2) is 28.4 Å². The van der Waals surface area contributed by atoms with Crippen molar-refractivity contribution in [3.8, 4) is 0 Å². The van der Waals surface area contributed by atoms with Crippen LogP contribution in [0.25, 0.3) is 6.08 Å². The first kappa shape index (κ1) is 8.30. The molecule has 0 bridgehead atoms. The van der Waals surface area contributed by atoms with Crippen molar-refractivity contribution in [3.05, 3.63) is 29.7 Å². The zero-order chi connectivity index (χ0) is 9.31. The van der Waals surface area contributed by atoms with Crippen LogP contribution in [0.3, 0.4) is 0 Å². The molecule has 68 valence electrons. The predicted molar refractivity (Wildman–Crippen MR) is 50.1 cm³/mol. The second-order valence-corrected chi connectivity index (χ2v) is 3.62. The van der Waals surface area contributed by atoms with Gasteiger partial charge in [-0.2, -0.15) is 0 Å². The predicted octanol–water partition coefficient (Wildman–Crippen LogP) is 2.66. The highest BCUT2D eigenvalue weighted by Crippen LogP contribution is 2.50. The fourth-order valence-electron chi connectivity index (χ4n) is 1.47. The van der Waals surface area contributed by atoms with Crippen LogP contribution in [0, 0.1) is 5.41 Å². The lowest BCUT2D eigenvalue weighted by Crippen LogP contribution is -2.02. The zero-order valence-electron chi connectivity index (χ0n) is 7.62. The first-order valence-corrected chi connectivity index (χ1v) is 4.45. The van der Waals surface area contributed by atoms with E-state index in [1.165, 1.54) is 0 Å². The summed E-state index contributed by atoms with van der Waals surface area (Å²) in [6.45, 7) is 1.99. The van der Waals surface area contributed by atoms with Crippen LogP contribution in [0.1, 0.15) is 25.5 Å². The Morgan fingerprint density at radius 3 is 2.85 bits per heavy atom. The second-order valence-electron chi connectivity index (χ2n) is 3.62. The summed E-state index contributed by atoms with van der Waals surface area (Å²) < 4.78 is 5.18. The van der Waals surface area contributed by atoms with Gasteiger partial charge in [0.2, 0.25) is 0 Å². The van der Waals surface area contributed by atoms with Gasteiger partial charge >= 0.3 is 0 Å². The Morgan fingerprint density at radius 1 is 1.62 bits per heavy atom. The molecule has 1 aliphatic carbocycles. The molecule has 2 rings (SSSR count). The third-order valence-electron chi connectivity index (χ3n) is 2.70. The molecule has 1 aromatic heterocycles. The minimum atomic E-state index is -0.160. The molecule has 13 heavy (non-hydrogen) atoms. The molecule has 0 unspecified atom stereocenters. The highest BCUT2D eigenvalue weighted by atomic mass is 16.3. The number of aldehydes is 1. The lowest BCUT2D eigenvalue weighted by atomic mass is 9.98. The van der Waals surface area contributed by atoms with E-state index in [4.69, 9.17) is 4.42 Å². The first-order chi connectivity index (χ1) is 6.27. The summed E-state index contributed by atoms with van der Waals surface area (Å²) in [5.74, 6) is 0.825. The van der Waals surface area contributed by atoms with Gasteiger partial charge in [-0.3, -0.25) is 0 Å². The maximum atomic E-state index is 10.8. The Hall–Kier alpha value is -1.31. The van der Waals surface area contributed by atoms with Gasteiger partial charge in [0, 0.05) is 5.41 Å². The summed E-state index contributed by atoms with van der Waals surface area (Å²) in [5, 5.41) is 0.